The molecule has 0 N–H and O–H groups in total. The zero-order valence-electron chi connectivity index (χ0n) is 11.6. The molecule has 3 rings (SSSR count). The average molecular weight is 270 g/mol. The first-order chi connectivity index (χ1) is 9.66. The lowest BCUT2D eigenvalue weighted by Gasteiger charge is -2.25. The highest BCUT2D eigenvalue weighted by atomic mass is 16.2. The third-order valence-electron chi connectivity index (χ3n) is 4.11. The van der Waals surface area contributed by atoms with Crippen molar-refractivity contribution in [1.82, 2.24) is 9.13 Å². The third-order valence-corrected chi connectivity index (χ3v) is 4.11. The second kappa shape index (κ2) is 5.12. The molecule has 1 aliphatic carbocycles. The summed E-state index contributed by atoms with van der Waals surface area (Å²) in [7, 11) is 0. The zero-order valence-corrected chi connectivity index (χ0v) is 11.6. The highest BCUT2D eigenvalue weighted by Gasteiger charge is 2.19. The summed E-state index contributed by atoms with van der Waals surface area (Å²) in [6.07, 6.45) is 6.99. The molecular weight excluding hydrogens is 252 g/mol. The zero-order chi connectivity index (χ0) is 14.1. The lowest BCUT2D eigenvalue weighted by atomic mass is 9.85. The Morgan fingerprint density at radius 1 is 1.10 bits per heavy atom. The van der Waals surface area contributed by atoms with Gasteiger partial charge in [-0.1, -0.05) is 24.6 Å². The van der Waals surface area contributed by atoms with Crippen molar-refractivity contribution in [2.75, 3.05) is 0 Å². The molecule has 4 nitrogen and oxygen atoms in total. The summed E-state index contributed by atoms with van der Waals surface area (Å²) < 4.78 is 3.00. The first-order valence-electron chi connectivity index (χ1n) is 7.05. The molecule has 2 aromatic rings. The number of nitrogens with zero attached hydrogens (tertiary/aromatic N) is 2. The van der Waals surface area contributed by atoms with E-state index >= 15 is 0 Å². The minimum absolute atomic E-state index is 0.428. The Labute approximate surface area is 117 Å². The molecule has 0 spiro atoms. The SMILES string of the molecule is Cc1ccccc1-n1ccn(CC2CCC2)c(=O)c1=O. The lowest BCUT2D eigenvalue weighted by molar-refractivity contribution is 0.272. The Morgan fingerprint density at radius 3 is 2.50 bits per heavy atom. The van der Waals surface area contributed by atoms with Gasteiger partial charge in [-0.15, -0.1) is 0 Å². The molecule has 1 aliphatic rings. The molecule has 1 aromatic carbocycles. The van der Waals surface area contributed by atoms with Crippen molar-refractivity contribution >= 4 is 0 Å². The molecule has 0 unspecified atom stereocenters. The van der Waals surface area contributed by atoms with Crippen LogP contribution in [0.25, 0.3) is 5.69 Å². The topological polar surface area (TPSA) is 44.0 Å². The van der Waals surface area contributed by atoms with E-state index in [-0.39, 0.29) is 0 Å². The number of benzene rings is 1. The minimum atomic E-state index is -0.471. The maximum Gasteiger partial charge on any atom is 0.320 e. The molecule has 1 fully saturated rings. The van der Waals surface area contributed by atoms with Crippen LogP contribution >= 0.6 is 0 Å². The number of rotatable bonds is 3. The Morgan fingerprint density at radius 2 is 1.85 bits per heavy atom. The van der Waals surface area contributed by atoms with Crippen LogP contribution in [0.1, 0.15) is 24.8 Å². The van der Waals surface area contributed by atoms with E-state index in [0.717, 1.165) is 24.1 Å². The highest BCUT2D eigenvalue weighted by molar-refractivity contribution is 5.39. The van der Waals surface area contributed by atoms with Crippen LogP contribution < -0.4 is 11.1 Å². The van der Waals surface area contributed by atoms with E-state index in [1.54, 1.807) is 17.0 Å². The van der Waals surface area contributed by atoms with Crippen molar-refractivity contribution in [3.63, 3.8) is 0 Å². The second-order valence-electron chi connectivity index (χ2n) is 5.51. The lowest BCUT2D eigenvalue weighted by Crippen LogP contribution is -2.41. The third kappa shape index (κ3) is 2.22. The molecule has 0 bridgehead atoms. The van der Waals surface area contributed by atoms with Crippen LogP contribution in [0.4, 0.5) is 0 Å². The quantitative estimate of drug-likeness (QED) is 0.802. The molecule has 0 saturated heterocycles. The van der Waals surface area contributed by atoms with Gasteiger partial charge in [-0.2, -0.15) is 0 Å². The summed E-state index contributed by atoms with van der Waals surface area (Å²) in [6, 6.07) is 7.57. The van der Waals surface area contributed by atoms with Gasteiger partial charge in [0.15, 0.2) is 0 Å². The second-order valence-corrected chi connectivity index (χ2v) is 5.51. The van der Waals surface area contributed by atoms with Crippen LogP contribution in [0.5, 0.6) is 0 Å². The number of hydrogen-bond donors (Lipinski definition) is 0. The summed E-state index contributed by atoms with van der Waals surface area (Å²) in [5.41, 5.74) is 0.847. The van der Waals surface area contributed by atoms with Gasteiger partial charge in [-0.25, -0.2) is 0 Å². The van der Waals surface area contributed by atoms with Crippen LogP contribution in [0, 0.1) is 12.8 Å². The fraction of sp³-hybridized carbons (Fsp3) is 0.375. The number of aromatic nitrogens is 2. The maximum absolute atomic E-state index is 12.3. The van der Waals surface area contributed by atoms with Crippen molar-refractivity contribution in [2.45, 2.75) is 32.7 Å². The summed E-state index contributed by atoms with van der Waals surface area (Å²) in [5, 5.41) is 0. The van der Waals surface area contributed by atoms with E-state index in [0.29, 0.717) is 12.5 Å². The van der Waals surface area contributed by atoms with Crippen molar-refractivity contribution in [3.05, 3.63) is 62.9 Å². The van der Waals surface area contributed by atoms with Gasteiger partial charge in [0.05, 0.1) is 5.69 Å². The fourth-order valence-electron chi connectivity index (χ4n) is 2.63. The Balaban J connectivity index is 2.02. The summed E-state index contributed by atoms with van der Waals surface area (Å²) in [6.45, 7) is 2.60. The van der Waals surface area contributed by atoms with Crippen molar-refractivity contribution in [2.24, 2.45) is 5.92 Å². The predicted octanol–water partition coefficient (Wildman–Crippen LogP) is 2.11. The normalized spacial score (nSPS) is 15.1. The van der Waals surface area contributed by atoms with Crippen molar-refractivity contribution in [1.29, 1.82) is 0 Å². The fourth-order valence-corrected chi connectivity index (χ4v) is 2.63. The maximum atomic E-state index is 12.3. The minimum Gasteiger partial charge on any atom is -0.309 e. The van der Waals surface area contributed by atoms with Gasteiger partial charge >= 0.3 is 11.1 Å². The molecule has 0 radical (unpaired) electrons. The molecule has 1 heterocycles. The number of aryl methyl sites for hydroxylation is 1. The van der Waals surface area contributed by atoms with Gasteiger partial charge < -0.3 is 4.57 Å². The monoisotopic (exact) mass is 270 g/mol. The van der Waals surface area contributed by atoms with E-state index in [9.17, 15) is 9.59 Å². The van der Waals surface area contributed by atoms with Gasteiger partial charge in [0.2, 0.25) is 0 Å². The summed E-state index contributed by atoms with van der Waals surface area (Å²) in [4.78, 5) is 24.4. The number of hydrogen-bond acceptors (Lipinski definition) is 2. The van der Waals surface area contributed by atoms with Crippen LogP contribution in [0.2, 0.25) is 0 Å². The molecule has 0 amide bonds. The van der Waals surface area contributed by atoms with E-state index in [4.69, 9.17) is 0 Å². The predicted molar refractivity (Wildman–Crippen MR) is 78.4 cm³/mol. The molecule has 1 saturated carbocycles. The van der Waals surface area contributed by atoms with Crippen LogP contribution in [0.3, 0.4) is 0 Å². The van der Waals surface area contributed by atoms with Gasteiger partial charge in [-0.05, 0) is 37.3 Å². The smallest absolute Gasteiger partial charge is 0.309 e. The molecule has 1 aromatic heterocycles. The average Bonchev–Trinajstić information content (AvgIpc) is 2.40. The van der Waals surface area contributed by atoms with Crippen LogP contribution in [0.15, 0.2) is 46.2 Å². The van der Waals surface area contributed by atoms with Crippen molar-refractivity contribution < 1.29 is 0 Å². The van der Waals surface area contributed by atoms with Gasteiger partial charge in [0, 0.05) is 18.9 Å². The van der Waals surface area contributed by atoms with Crippen molar-refractivity contribution in [3.8, 4) is 5.69 Å². The van der Waals surface area contributed by atoms with E-state index in [1.807, 2.05) is 31.2 Å². The first kappa shape index (κ1) is 12.9. The van der Waals surface area contributed by atoms with Gasteiger partial charge in [-0.3, -0.25) is 14.2 Å². The molecular formula is C16H18N2O2. The molecule has 4 heteroatoms. The Bertz CT molecular complexity index is 739. The van der Waals surface area contributed by atoms with E-state index in [2.05, 4.69) is 0 Å². The highest BCUT2D eigenvalue weighted by Crippen LogP contribution is 2.27. The van der Waals surface area contributed by atoms with Crippen LogP contribution in [-0.4, -0.2) is 9.13 Å². The Hall–Kier alpha value is -2.10. The van der Waals surface area contributed by atoms with E-state index in [1.165, 1.54) is 11.0 Å². The van der Waals surface area contributed by atoms with Gasteiger partial charge in [0.1, 0.15) is 0 Å². The molecule has 0 aliphatic heterocycles. The Kier molecular flexibility index (Phi) is 3.30. The summed E-state index contributed by atoms with van der Waals surface area (Å²) in [5.74, 6) is 0.557. The molecule has 0 atom stereocenters. The number of para-hydroxylation sites is 1. The molecule has 104 valence electrons. The molecule has 20 heavy (non-hydrogen) atoms. The van der Waals surface area contributed by atoms with E-state index < -0.39 is 11.1 Å². The van der Waals surface area contributed by atoms with Gasteiger partial charge in [0.25, 0.3) is 0 Å². The largest absolute Gasteiger partial charge is 0.320 e. The summed E-state index contributed by atoms with van der Waals surface area (Å²) >= 11 is 0. The van der Waals surface area contributed by atoms with Crippen LogP contribution in [-0.2, 0) is 6.54 Å². The standard InChI is InChI=1S/C16H18N2O2/c1-12-5-2-3-8-14(12)18-10-9-17(15(19)16(18)20)11-13-6-4-7-13/h2-3,5,8-10,13H,4,6-7,11H2,1H3. The first-order valence-corrected chi connectivity index (χ1v) is 7.05.